The zero-order valence-electron chi connectivity index (χ0n) is 9.23. The van der Waals surface area contributed by atoms with Gasteiger partial charge in [-0.1, -0.05) is 13.0 Å². The van der Waals surface area contributed by atoms with Crippen molar-refractivity contribution in [2.45, 2.75) is 25.8 Å². The van der Waals surface area contributed by atoms with E-state index in [9.17, 15) is 4.79 Å². The minimum Gasteiger partial charge on any atom is -0.478 e. The second-order valence-corrected chi connectivity index (χ2v) is 4.49. The largest absolute Gasteiger partial charge is 0.478 e. The van der Waals surface area contributed by atoms with E-state index in [1.54, 1.807) is 18.2 Å². The number of hydrogen-bond donors (Lipinski definition) is 3. The van der Waals surface area contributed by atoms with Crippen molar-refractivity contribution in [3.05, 3.63) is 23.8 Å². The average Bonchev–Trinajstić information content (AvgIpc) is 2.18. The second kappa shape index (κ2) is 4.04. The molecule has 0 aliphatic heterocycles. The van der Waals surface area contributed by atoms with Gasteiger partial charge >= 0.3 is 5.97 Å². The minimum atomic E-state index is -0.942. The van der Waals surface area contributed by atoms with Crippen molar-refractivity contribution < 1.29 is 9.90 Å². The van der Waals surface area contributed by atoms with Crippen LogP contribution in [0.3, 0.4) is 0 Å². The molecule has 1 aromatic carbocycles. The molecule has 0 radical (unpaired) electrons. The molecule has 86 valence electrons. The standard InChI is InChI=1S/C12H16N2O2/c1-7-5-8(6-7)14-11-9(12(15)16)3-2-4-10(11)13/h2-4,7-8,14H,5-6,13H2,1H3,(H,15,16). The first kappa shape index (κ1) is 10.8. The van der Waals surface area contributed by atoms with E-state index in [1.807, 2.05) is 0 Å². The number of nitrogens with one attached hydrogen (secondary N) is 1. The highest BCUT2D eigenvalue weighted by molar-refractivity contribution is 5.97. The van der Waals surface area contributed by atoms with Crippen LogP contribution in [0.5, 0.6) is 0 Å². The van der Waals surface area contributed by atoms with Gasteiger partial charge in [-0.15, -0.1) is 0 Å². The Labute approximate surface area is 94.5 Å². The van der Waals surface area contributed by atoms with Crippen molar-refractivity contribution in [2.24, 2.45) is 5.92 Å². The molecular formula is C12H16N2O2. The third-order valence-electron chi connectivity index (χ3n) is 3.05. The molecule has 0 aromatic heterocycles. The summed E-state index contributed by atoms with van der Waals surface area (Å²) in [7, 11) is 0. The molecule has 1 aromatic rings. The summed E-state index contributed by atoms with van der Waals surface area (Å²) in [6.45, 7) is 2.19. The summed E-state index contributed by atoms with van der Waals surface area (Å²) in [5.74, 6) is -0.224. The number of nitrogen functional groups attached to an aromatic ring is 1. The van der Waals surface area contributed by atoms with Gasteiger partial charge in [0.25, 0.3) is 0 Å². The number of rotatable bonds is 3. The van der Waals surface area contributed by atoms with Gasteiger partial charge in [-0.25, -0.2) is 4.79 Å². The molecule has 1 saturated carbocycles. The van der Waals surface area contributed by atoms with Crippen LogP contribution in [0.15, 0.2) is 18.2 Å². The summed E-state index contributed by atoms with van der Waals surface area (Å²) in [6.07, 6.45) is 2.15. The molecule has 4 N–H and O–H groups in total. The SMILES string of the molecule is CC1CC(Nc2c(N)cccc2C(=O)O)C1. The third-order valence-corrected chi connectivity index (χ3v) is 3.05. The molecule has 0 heterocycles. The fraction of sp³-hybridized carbons (Fsp3) is 0.417. The maximum Gasteiger partial charge on any atom is 0.337 e. The lowest BCUT2D eigenvalue weighted by molar-refractivity contribution is 0.0698. The van der Waals surface area contributed by atoms with Crippen molar-refractivity contribution in [3.8, 4) is 0 Å². The summed E-state index contributed by atoms with van der Waals surface area (Å²) in [5.41, 5.74) is 7.11. The van der Waals surface area contributed by atoms with E-state index in [2.05, 4.69) is 12.2 Å². The average molecular weight is 220 g/mol. The molecule has 0 unspecified atom stereocenters. The van der Waals surface area contributed by atoms with Crippen molar-refractivity contribution in [2.75, 3.05) is 11.1 Å². The second-order valence-electron chi connectivity index (χ2n) is 4.49. The number of nitrogens with two attached hydrogens (primary N) is 1. The molecule has 1 fully saturated rings. The summed E-state index contributed by atoms with van der Waals surface area (Å²) in [4.78, 5) is 11.0. The topological polar surface area (TPSA) is 75.3 Å². The number of aromatic carboxylic acids is 1. The summed E-state index contributed by atoms with van der Waals surface area (Å²) in [6, 6.07) is 5.31. The van der Waals surface area contributed by atoms with E-state index in [0.717, 1.165) is 18.8 Å². The predicted octanol–water partition coefficient (Wildman–Crippen LogP) is 2.18. The molecule has 0 spiro atoms. The minimum absolute atomic E-state index is 0.250. The fourth-order valence-electron chi connectivity index (χ4n) is 2.13. The number of para-hydroxylation sites is 1. The molecule has 4 heteroatoms. The van der Waals surface area contributed by atoms with E-state index in [1.165, 1.54) is 0 Å². The highest BCUT2D eigenvalue weighted by Gasteiger charge is 2.26. The summed E-state index contributed by atoms with van der Waals surface area (Å²) < 4.78 is 0. The van der Waals surface area contributed by atoms with Crippen LogP contribution in [0.25, 0.3) is 0 Å². The van der Waals surface area contributed by atoms with Crippen LogP contribution in [0.4, 0.5) is 11.4 Å². The van der Waals surface area contributed by atoms with Gasteiger partial charge < -0.3 is 16.2 Å². The van der Waals surface area contributed by atoms with Gasteiger partial charge in [-0.3, -0.25) is 0 Å². The lowest BCUT2D eigenvalue weighted by Crippen LogP contribution is -2.34. The van der Waals surface area contributed by atoms with Gasteiger partial charge in [-0.05, 0) is 30.9 Å². The molecule has 1 aliphatic rings. The number of benzene rings is 1. The Bertz CT molecular complexity index is 411. The van der Waals surface area contributed by atoms with Crippen molar-refractivity contribution in [1.82, 2.24) is 0 Å². The van der Waals surface area contributed by atoms with Crippen molar-refractivity contribution >= 4 is 17.3 Å². The lowest BCUT2D eigenvalue weighted by Gasteiger charge is -2.34. The monoisotopic (exact) mass is 220 g/mol. The molecule has 2 rings (SSSR count). The molecule has 0 saturated heterocycles. The number of carboxylic acids is 1. The molecule has 0 atom stereocenters. The predicted molar refractivity (Wildman–Crippen MR) is 63.6 cm³/mol. The Balaban J connectivity index is 2.21. The maximum atomic E-state index is 11.0. The van der Waals surface area contributed by atoms with Crippen LogP contribution >= 0.6 is 0 Å². The molecule has 1 aliphatic carbocycles. The number of anilines is 2. The molecular weight excluding hydrogens is 204 g/mol. The Kier molecular flexibility index (Phi) is 2.73. The molecule has 16 heavy (non-hydrogen) atoms. The first-order valence-corrected chi connectivity index (χ1v) is 5.46. The van der Waals surface area contributed by atoms with Crippen LogP contribution in [0.2, 0.25) is 0 Å². The maximum absolute atomic E-state index is 11.0. The van der Waals surface area contributed by atoms with Crippen LogP contribution in [0, 0.1) is 5.92 Å². The van der Waals surface area contributed by atoms with Gasteiger partial charge in [0.2, 0.25) is 0 Å². The summed E-state index contributed by atoms with van der Waals surface area (Å²) >= 11 is 0. The normalized spacial score (nSPS) is 23.6. The van der Waals surface area contributed by atoms with Gasteiger partial charge in [0, 0.05) is 6.04 Å². The highest BCUT2D eigenvalue weighted by atomic mass is 16.4. The first-order valence-electron chi connectivity index (χ1n) is 5.46. The Morgan fingerprint density at radius 3 is 2.75 bits per heavy atom. The quantitative estimate of drug-likeness (QED) is 0.682. The number of carboxylic acid groups (broad SMARTS) is 1. The van der Waals surface area contributed by atoms with Crippen molar-refractivity contribution in [3.63, 3.8) is 0 Å². The van der Waals surface area contributed by atoms with Crippen LogP contribution in [0.1, 0.15) is 30.1 Å². The molecule has 4 nitrogen and oxygen atoms in total. The fourth-order valence-corrected chi connectivity index (χ4v) is 2.13. The zero-order chi connectivity index (χ0) is 11.7. The third kappa shape index (κ3) is 1.96. The lowest BCUT2D eigenvalue weighted by atomic mass is 9.81. The van der Waals surface area contributed by atoms with E-state index in [-0.39, 0.29) is 5.56 Å². The van der Waals surface area contributed by atoms with Gasteiger partial charge in [-0.2, -0.15) is 0 Å². The van der Waals surface area contributed by atoms with E-state index >= 15 is 0 Å². The van der Waals surface area contributed by atoms with Crippen molar-refractivity contribution in [1.29, 1.82) is 0 Å². The van der Waals surface area contributed by atoms with Gasteiger partial charge in [0.15, 0.2) is 0 Å². The molecule has 0 amide bonds. The van der Waals surface area contributed by atoms with Gasteiger partial charge in [0.1, 0.15) is 0 Å². The number of hydrogen-bond acceptors (Lipinski definition) is 3. The van der Waals surface area contributed by atoms with E-state index < -0.39 is 5.97 Å². The Morgan fingerprint density at radius 1 is 1.50 bits per heavy atom. The Morgan fingerprint density at radius 2 is 2.19 bits per heavy atom. The van der Waals surface area contributed by atoms with Crippen LogP contribution < -0.4 is 11.1 Å². The van der Waals surface area contributed by atoms with E-state index in [4.69, 9.17) is 10.8 Å². The van der Waals surface area contributed by atoms with Crippen LogP contribution in [-0.2, 0) is 0 Å². The first-order chi connectivity index (χ1) is 7.58. The smallest absolute Gasteiger partial charge is 0.337 e. The summed E-state index contributed by atoms with van der Waals surface area (Å²) in [5, 5.41) is 12.3. The highest BCUT2D eigenvalue weighted by Crippen LogP contribution is 2.32. The van der Waals surface area contributed by atoms with Crippen LogP contribution in [-0.4, -0.2) is 17.1 Å². The zero-order valence-corrected chi connectivity index (χ0v) is 9.23. The van der Waals surface area contributed by atoms with Gasteiger partial charge in [0.05, 0.1) is 16.9 Å². The van der Waals surface area contributed by atoms with E-state index in [0.29, 0.717) is 17.4 Å². The molecule has 0 bridgehead atoms. The number of carbonyl (C=O) groups is 1. The Hall–Kier alpha value is -1.71.